The van der Waals surface area contributed by atoms with E-state index < -0.39 is 0 Å². The normalized spacial score (nSPS) is 39.6. The van der Waals surface area contributed by atoms with Gasteiger partial charge in [0, 0.05) is 13.1 Å². The Bertz CT molecular complexity index is 552. The minimum atomic E-state index is 0.441. The summed E-state index contributed by atoms with van der Waals surface area (Å²) in [6.45, 7) is 2.22. The average molecular weight is 297 g/mol. The molecule has 2 heteroatoms. The highest BCUT2D eigenvalue weighted by atomic mass is 16.3. The predicted octanol–water partition coefficient (Wildman–Crippen LogP) is 4.46. The van der Waals surface area contributed by atoms with Gasteiger partial charge in [0.1, 0.15) is 5.75 Å². The van der Waals surface area contributed by atoms with Crippen molar-refractivity contribution in [2.24, 2.45) is 17.8 Å². The molecule has 4 aliphatic carbocycles. The number of phenolic OH excluding ortho intramolecular Hbond substituents is 1. The molecular formula is C20H27NO. The number of anilines is 1. The van der Waals surface area contributed by atoms with Gasteiger partial charge in [-0.3, -0.25) is 0 Å². The molecule has 4 bridgehead atoms. The van der Waals surface area contributed by atoms with Crippen molar-refractivity contribution in [3.63, 3.8) is 0 Å². The van der Waals surface area contributed by atoms with Crippen LogP contribution >= 0.6 is 0 Å². The monoisotopic (exact) mass is 297 g/mol. The molecule has 5 fully saturated rings. The highest BCUT2D eigenvalue weighted by molar-refractivity contribution is 5.61. The minimum Gasteiger partial charge on any atom is -0.506 e. The van der Waals surface area contributed by atoms with Crippen LogP contribution in [-0.2, 0) is 5.41 Å². The molecular weight excluding hydrogens is 270 g/mol. The maximum absolute atomic E-state index is 10.3. The Labute approximate surface area is 133 Å². The molecule has 0 amide bonds. The third-order valence-corrected chi connectivity index (χ3v) is 7.07. The maximum Gasteiger partial charge on any atom is 0.138 e. The molecule has 0 unspecified atom stereocenters. The highest BCUT2D eigenvalue weighted by Crippen LogP contribution is 2.61. The van der Waals surface area contributed by atoms with Gasteiger partial charge >= 0.3 is 0 Å². The van der Waals surface area contributed by atoms with Gasteiger partial charge in [0.05, 0.1) is 5.69 Å². The van der Waals surface area contributed by atoms with E-state index in [2.05, 4.69) is 17.0 Å². The second-order valence-corrected chi connectivity index (χ2v) is 8.60. The Kier molecular flexibility index (Phi) is 2.81. The fourth-order valence-electron chi connectivity index (χ4n) is 6.53. The van der Waals surface area contributed by atoms with Crippen molar-refractivity contribution in [1.29, 1.82) is 0 Å². The van der Waals surface area contributed by atoms with Crippen LogP contribution in [0.3, 0.4) is 0 Å². The van der Waals surface area contributed by atoms with Crippen molar-refractivity contribution in [2.75, 3.05) is 18.0 Å². The Morgan fingerprint density at radius 2 is 1.50 bits per heavy atom. The fourth-order valence-corrected chi connectivity index (χ4v) is 6.53. The van der Waals surface area contributed by atoms with Gasteiger partial charge in [-0.25, -0.2) is 0 Å². The molecule has 1 saturated heterocycles. The molecule has 1 aromatic rings. The van der Waals surface area contributed by atoms with Crippen LogP contribution in [0.5, 0.6) is 5.75 Å². The second-order valence-electron chi connectivity index (χ2n) is 8.60. The number of phenols is 1. The van der Waals surface area contributed by atoms with Crippen LogP contribution in [0.25, 0.3) is 0 Å². The summed E-state index contributed by atoms with van der Waals surface area (Å²) >= 11 is 0. The van der Waals surface area contributed by atoms with E-state index in [-0.39, 0.29) is 0 Å². The van der Waals surface area contributed by atoms with Crippen LogP contribution in [0.2, 0.25) is 0 Å². The van der Waals surface area contributed by atoms with Crippen molar-refractivity contribution in [2.45, 2.75) is 56.8 Å². The molecule has 118 valence electrons. The Hall–Kier alpha value is -1.18. The molecule has 2 nitrogen and oxygen atoms in total. The van der Waals surface area contributed by atoms with Crippen molar-refractivity contribution < 1.29 is 5.11 Å². The molecule has 6 rings (SSSR count). The van der Waals surface area contributed by atoms with E-state index in [9.17, 15) is 5.11 Å². The zero-order chi connectivity index (χ0) is 14.7. The molecule has 0 aromatic heterocycles. The number of aromatic hydroxyl groups is 1. The summed E-state index contributed by atoms with van der Waals surface area (Å²) in [7, 11) is 0. The molecule has 1 heterocycles. The highest BCUT2D eigenvalue weighted by Gasteiger charge is 2.51. The zero-order valence-electron chi connectivity index (χ0n) is 13.4. The first kappa shape index (κ1) is 13.3. The van der Waals surface area contributed by atoms with Crippen LogP contribution < -0.4 is 4.90 Å². The first-order valence-corrected chi connectivity index (χ1v) is 9.30. The number of hydrogen-bond donors (Lipinski definition) is 1. The van der Waals surface area contributed by atoms with E-state index in [1.807, 2.05) is 6.07 Å². The molecule has 22 heavy (non-hydrogen) atoms. The van der Waals surface area contributed by atoms with E-state index in [0.717, 1.165) is 36.5 Å². The fraction of sp³-hybridized carbons (Fsp3) is 0.700. The van der Waals surface area contributed by atoms with E-state index in [4.69, 9.17) is 0 Å². The number of rotatable bonds is 2. The van der Waals surface area contributed by atoms with Crippen LogP contribution in [0.15, 0.2) is 18.2 Å². The molecule has 5 aliphatic rings. The van der Waals surface area contributed by atoms with Gasteiger partial charge in [0.2, 0.25) is 0 Å². The molecule has 1 aliphatic heterocycles. The molecule has 4 saturated carbocycles. The van der Waals surface area contributed by atoms with Crippen LogP contribution in [0.1, 0.15) is 56.9 Å². The quantitative estimate of drug-likeness (QED) is 0.871. The third kappa shape index (κ3) is 1.92. The Morgan fingerprint density at radius 1 is 0.909 bits per heavy atom. The lowest BCUT2D eigenvalue weighted by Gasteiger charge is -2.57. The smallest absolute Gasteiger partial charge is 0.138 e. The van der Waals surface area contributed by atoms with E-state index in [1.54, 1.807) is 0 Å². The van der Waals surface area contributed by atoms with Gasteiger partial charge in [-0.05, 0) is 92.2 Å². The standard InChI is InChI=1S/C20H27NO/c22-19-4-3-17(10-18(19)21-5-1-2-6-21)20-11-14-7-15(12-20)9-16(8-14)13-20/h3-4,10,14-16,22H,1-2,5-9,11-13H2. The summed E-state index contributed by atoms with van der Waals surface area (Å²) in [6, 6.07) is 6.57. The van der Waals surface area contributed by atoms with E-state index in [1.165, 1.54) is 56.9 Å². The Balaban J connectivity index is 1.53. The van der Waals surface area contributed by atoms with Gasteiger partial charge in [-0.1, -0.05) is 6.07 Å². The first-order valence-electron chi connectivity index (χ1n) is 9.30. The second kappa shape index (κ2) is 4.66. The lowest BCUT2D eigenvalue weighted by molar-refractivity contribution is -0.00518. The lowest BCUT2D eigenvalue weighted by atomic mass is 9.48. The summed E-state index contributed by atoms with van der Waals surface area (Å²) < 4.78 is 0. The average Bonchev–Trinajstić information content (AvgIpc) is 3.00. The first-order chi connectivity index (χ1) is 10.7. The topological polar surface area (TPSA) is 23.5 Å². The number of nitrogens with zero attached hydrogens (tertiary/aromatic N) is 1. The molecule has 0 radical (unpaired) electrons. The van der Waals surface area contributed by atoms with Gasteiger partial charge in [0.15, 0.2) is 0 Å². The summed E-state index contributed by atoms with van der Waals surface area (Å²) in [6.07, 6.45) is 11.2. The predicted molar refractivity (Wildman–Crippen MR) is 89.4 cm³/mol. The molecule has 0 spiro atoms. The summed E-state index contributed by atoms with van der Waals surface area (Å²) in [5.41, 5.74) is 3.08. The number of benzene rings is 1. The molecule has 0 atom stereocenters. The lowest BCUT2D eigenvalue weighted by Crippen LogP contribution is -2.48. The van der Waals surface area contributed by atoms with Gasteiger partial charge in [0.25, 0.3) is 0 Å². The number of hydrogen-bond acceptors (Lipinski definition) is 2. The third-order valence-electron chi connectivity index (χ3n) is 7.07. The van der Waals surface area contributed by atoms with Crippen molar-refractivity contribution in [3.05, 3.63) is 23.8 Å². The van der Waals surface area contributed by atoms with Crippen molar-refractivity contribution in [3.8, 4) is 5.75 Å². The summed E-state index contributed by atoms with van der Waals surface area (Å²) in [4.78, 5) is 2.39. The van der Waals surface area contributed by atoms with Crippen LogP contribution in [0.4, 0.5) is 5.69 Å². The van der Waals surface area contributed by atoms with E-state index >= 15 is 0 Å². The van der Waals surface area contributed by atoms with Crippen molar-refractivity contribution >= 4 is 5.69 Å². The Morgan fingerprint density at radius 3 is 2.09 bits per heavy atom. The maximum atomic E-state index is 10.3. The molecule has 1 N–H and O–H groups in total. The SMILES string of the molecule is Oc1ccc(C23CC4CC(CC(C4)C2)C3)cc1N1CCCC1. The summed E-state index contributed by atoms with van der Waals surface area (Å²) in [5.74, 6) is 3.43. The van der Waals surface area contributed by atoms with Gasteiger partial charge in [-0.2, -0.15) is 0 Å². The van der Waals surface area contributed by atoms with Gasteiger partial charge in [-0.15, -0.1) is 0 Å². The summed E-state index contributed by atoms with van der Waals surface area (Å²) in [5, 5.41) is 10.3. The molecule has 1 aromatic carbocycles. The minimum absolute atomic E-state index is 0.441. The zero-order valence-corrected chi connectivity index (χ0v) is 13.4. The largest absolute Gasteiger partial charge is 0.506 e. The van der Waals surface area contributed by atoms with Crippen LogP contribution in [0, 0.1) is 17.8 Å². The van der Waals surface area contributed by atoms with Crippen molar-refractivity contribution in [1.82, 2.24) is 0 Å². The van der Waals surface area contributed by atoms with E-state index in [0.29, 0.717) is 11.2 Å². The van der Waals surface area contributed by atoms with Crippen LogP contribution in [-0.4, -0.2) is 18.2 Å². The van der Waals surface area contributed by atoms with Gasteiger partial charge < -0.3 is 10.0 Å².